The third-order valence-corrected chi connectivity index (χ3v) is 11.1. The van der Waals surface area contributed by atoms with Crippen LogP contribution in [-0.4, -0.2) is 67.4 Å². The molecule has 0 N–H and O–H groups in total. The van der Waals surface area contributed by atoms with Gasteiger partial charge in [-0.25, -0.2) is 0 Å². The average molecular weight is 472 g/mol. The second-order valence-electron chi connectivity index (χ2n) is 12.3. The van der Waals surface area contributed by atoms with E-state index in [-0.39, 0.29) is 29.3 Å². The predicted octanol–water partition coefficient (Wildman–Crippen LogP) is 4.92. The summed E-state index contributed by atoms with van der Waals surface area (Å²) in [6.45, 7) is 6.83. The van der Waals surface area contributed by atoms with Gasteiger partial charge in [0, 0.05) is 44.1 Å². The van der Waals surface area contributed by atoms with Crippen LogP contribution in [0.3, 0.4) is 0 Å². The Labute approximate surface area is 205 Å². The van der Waals surface area contributed by atoms with Crippen LogP contribution in [-0.2, 0) is 19.0 Å². The van der Waals surface area contributed by atoms with Crippen molar-refractivity contribution >= 4 is 5.78 Å². The van der Waals surface area contributed by atoms with Gasteiger partial charge in [0.1, 0.15) is 6.10 Å². The van der Waals surface area contributed by atoms with Crippen LogP contribution in [0.5, 0.6) is 0 Å². The van der Waals surface area contributed by atoms with Crippen LogP contribution in [0.25, 0.3) is 0 Å². The lowest BCUT2D eigenvalue weighted by Crippen LogP contribution is -2.78. The van der Waals surface area contributed by atoms with Gasteiger partial charge >= 0.3 is 0 Å². The summed E-state index contributed by atoms with van der Waals surface area (Å²) in [5, 5.41) is 0. The number of hydrogen-bond donors (Lipinski definition) is 0. The van der Waals surface area contributed by atoms with Gasteiger partial charge in [-0.2, -0.15) is 0 Å². The van der Waals surface area contributed by atoms with Crippen LogP contribution >= 0.6 is 0 Å². The lowest BCUT2D eigenvalue weighted by atomic mass is 9.42. The second-order valence-corrected chi connectivity index (χ2v) is 12.3. The summed E-state index contributed by atoms with van der Waals surface area (Å²) in [5.41, 5.74) is -0.453. The Bertz CT molecular complexity index is 780. The Hall–Kier alpha value is -0.750. The first-order valence-electron chi connectivity index (χ1n) is 14.3. The number of rotatable bonds is 8. The van der Waals surface area contributed by atoms with E-state index < -0.39 is 0 Å². The molecule has 8 atom stereocenters. The maximum absolute atomic E-state index is 13.4. The van der Waals surface area contributed by atoms with Crippen LogP contribution in [0.1, 0.15) is 83.5 Å². The minimum Gasteiger partial charge on any atom is -0.379 e. The number of ether oxygens (including phenoxy) is 3. The van der Waals surface area contributed by atoms with Gasteiger partial charge in [-0.15, -0.1) is 6.58 Å². The molecule has 2 aliphatic heterocycles. The van der Waals surface area contributed by atoms with Gasteiger partial charge in [0.25, 0.3) is 0 Å². The summed E-state index contributed by atoms with van der Waals surface area (Å²) in [7, 11) is 1.82. The van der Waals surface area contributed by atoms with Crippen molar-refractivity contribution in [2.45, 2.75) is 113 Å². The molecule has 6 rings (SSSR count). The lowest BCUT2D eigenvalue weighted by Gasteiger charge is -2.68. The number of likely N-dealkylation sites (tertiary alicyclic amines) is 1. The highest BCUT2D eigenvalue weighted by atomic mass is 16.6. The Morgan fingerprint density at radius 3 is 2.82 bits per heavy atom. The summed E-state index contributed by atoms with van der Waals surface area (Å²) >= 11 is 0. The van der Waals surface area contributed by atoms with Gasteiger partial charge in [-0.3, -0.25) is 9.69 Å². The number of carbonyl (C=O) groups excluding carboxylic acids is 1. The van der Waals surface area contributed by atoms with Gasteiger partial charge < -0.3 is 14.2 Å². The normalized spacial score (nSPS) is 46.3. The van der Waals surface area contributed by atoms with E-state index in [1.165, 1.54) is 51.4 Å². The Morgan fingerprint density at radius 1 is 1.18 bits per heavy atom. The number of hydrogen-bond acceptors (Lipinski definition) is 5. The van der Waals surface area contributed by atoms with E-state index in [2.05, 4.69) is 17.6 Å². The molecule has 0 radical (unpaired) electrons. The van der Waals surface area contributed by atoms with E-state index in [1.807, 2.05) is 7.11 Å². The molecule has 0 aromatic heterocycles. The smallest absolute Gasteiger partial charge is 0.162 e. The first-order valence-corrected chi connectivity index (χ1v) is 14.3. The standard InChI is InChI=1S/C29H45NO4/c1-3-16-30-17-15-28-25-21-11-12-23(32-2)26(25)34-27(28)22(31)13-14-29(28,24(30)19-21)33-18-7-10-20-8-5-4-6-9-20/h3,20-21,23-27H,1,4-19H2,2H3/t21?,23?,24?,25?,26?,27-,28-,29+/m0/s1. The van der Waals surface area contributed by atoms with Crippen LogP contribution in [0, 0.1) is 23.2 Å². The number of Topliss-reactive ketones (excluding diaryl/α,β-unsaturated/α-hetero) is 1. The van der Waals surface area contributed by atoms with Gasteiger partial charge in [0.2, 0.25) is 0 Å². The van der Waals surface area contributed by atoms with Gasteiger partial charge in [-0.1, -0.05) is 38.2 Å². The zero-order valence-corrected chi connectivity index (χ0v) is 21.2. The molecule has 2 bridgehead atoms. The zero-order chi connectivity index (χ0) is 23.3. The summed E-state index contributed by atoms with van der Waals surface area (Å²) in [6, 6.07) is 0.368. The SMILES string of the molecule is C=CCN1CC[C@]23C4C5CCC(OC)C4O[C@H]2C(=O)CC[C@@]3(OCCCC2CCCCC2)C1C5. The minimum atomic E-state index is -0.304. The molecule has 4 saturated carbocycles. The fourth-order valence-corrected chi connectivity index (χ4v) is 9.80. The average Bonchev–Trinajstić information content (AvgIpc) is 3.22. The molecular formula is C29H45NO4. The molecule has 34 heavy (non-hydrogen) atoms. The third kappa shape index (κ3) is 3.36. The molecule has 5 unspecified atom stereocenters. The molecule has 6 aliphatic rings. The van der Waals surface area contributed by atoms with Gasteiger partial charge in [0.15, 0.2) is 5.78 Å². The maximum atomic E-state index is 13.4. The third-order valence-electron chi connectivity index (χ3n) is 11.1. The molecule has 190 valence electrons. The van der Waals surface area contributed by atoms with E-state index in [0.717, 1.165) is 51.3 Å². The van der Waals surface area contributed by atoms with E-state index in [9.17, 15) is 4.79 Å². The molecule has 0 aromatic rings. The maximum Gasteiger partial charge on any atom is 0.162 e. The quantitative estimate of drug-likeness (QED) is 0.371. The van der Waals surface area contributed by atoms with Crippen molar-refractivity contribution in [1.29, 1.82) is 0 Å². The molecule has 5 nitrogen and oxygen atoms in total. The van der Waals surface area contributed by atoms with E-state index in [1.54, 1.807) is 0 Å². The summed E-state index contributed by atoms with van der Waals surface area (Å²) in [5.74, 6) is 2.20. The zero-order valence-electron chi connectivity index (χ0n) is 21.2. The fraction of sp³-hybridized carbons (Fsp3) is 0.897. The van der Waals surface area contributed by atoms with Crippen molar-refractivity contribution in [3.05, 3.63) is 12.7 Å². The van der Waals surface area contributed by atoms with E-state index in [4.69, 9.17) is 14.2 Å². The lowest BCUT2D eigenvalue weighted by molar-refractivity contribution is -0.271. The molecule has 2 heterocycles. The fourth-order valence-electron chi connectivity index (χ4n) is 9.80. The van der Waals surface area contributed by atoms with Crippen molar-refractivity contribution in [1.82, 2.24) is 4.90 Å². The van der Waals surface area contributed by atoms with E-state index >= 15 is 0 Å². The van der Waals surface area contributed by atoms with Crippen molar-refractivity contribution < 1.29 is 19.0 Å². The van der Waals surface area contributed by atoms with Crippen molar-refractivity contribution in [3.8, 4) is 0 Å². The topological polar surface area (TPSA) is 48.0 Å². The first kappa shape index (κ1) is 23.6. The molecule has 0 aromatic carbocycles. The molecule has 0 amide bonds. The van der Waals surface area contributed by atoms with Crippen LogP contribution in [0.15, 0.2) is 12.7 Å². The number of carbonyl (C=O) groups is 1. The highest BCUT2D eigenvalue weighted by Gasteiger charge is 2.78. The molecule has 1 spiro atoms. The van der Waals surface area contributed by atoms with Gasteiger partial charge in [-0.05, 0) is 63.3 Å². The van der Waals surface area contributed by atoms with Crippen LogP contribution in [0.4, 0.5) is 0 Å². The van der Waals surface area contributed by atoms with Gasteiger partial charge in [0.05, 0.1) is 17.8 Å². The van der Waals surface area contributed by atoms with Crippen molar-refractivity contribution in [2.24, 2.45) is 23.2 Å². The summed E-state index contributed by atoms with van der Waals surface area (Å²) < 4.78 is 19.9. The number of methoxy groups -OCH3 is 1. The van der Waals surface area contributed by atoms with Crippen LogP contribution in [0.2, 0.25) is 0 Å². The second kappa shape index (κ2) is 9.28. The Kier molecular flexibility index (Phi) is 6.45. The monoisotopic (exact) mass is 471 g/mol. The number of piperidine rings is 1. The summed E-state index contributed by atoms with van der Waals surface area (Å²) in [6.07, 6.45) is 17.2. The largest absolute Gasteiger partial charge is 0.379 e. The Balaban J connectivity index is 1.32. The number of ketones is 1. The predicted molar refractivity (Wildman–Crippen MR) is 132 cm³/mol. The highest BCUT2D eigenvalue weighted by Crippen LogP contribution is 2.70. The number of nitrogens with zero attached hydrogens (tertiary/aromatic N) is 1. The molecule has 5 heteroatoms. The minimum absolute atomic E-state index is 0.0490. The van der Waals surface area contributed by atoms with E-state index in [0.29, 0.717) is 30.1 Å². The first-order chi connectivity index (χ1) is 16.6. The highest BCUT2D eigenvalue weighted by molar-refractivity contribution is 5.86. The van der Waals surface area contributed by atoms with Crippen molar-refractivity contribution in [2.75, 3.05) is 26.8 Å². The molecule has 4 aliphatic carbocycles. The Morgan fingerprint density at radius 2 is 2.03 bits per heavy atom. The summed E-state index contributed by atoms with van der Waals surface area (Å²) in [4.78, 5) is 16.1. The van der Waals surface area contributed by atoms with Crippen LogP contribution < -0.4 is 0 Å². The molecule has 2 saturated heterocycles. The van der Waals surface area contributed by atoms with Crippen molar-refractivity contribution in [3.63, 3.8) is 0 Å². The molecule has 6 fully saturated rings. The molecular weight excluding hydrogens is 426 g/mol.